The number of hydrogen-bond donors (Lipinski definition) is 1. The predicted octanol–water partition coefficient (Wildman–Crippen LogP) is 5.57. The molecule has 0 radical (unpaired) electrons. The highest BCUT2D eigenvalue weighted by Crippen LogP contribution is 2.41. The lowest BCUT2D eigenvalue weighted by molar-refractivity contribution is -0.342. The lowest BCUT2D eigenvalue weighted by Gasteiger charge is -2.49. The molecule has 4 rings (SSSR count). The molecule has 0 amide bonds. The molecule has 0 bridgehead atoms. The van der Waals surface area contributed by atoms with Crippen molar-refractivity contribution >= 4 is 20.3 Å². The van der Waals surface area contributed by atoms with Crippen molar-refractivity contribution in [2.75, 3.05) is 6.61 Å². The van der Waals surface area contributed by atoms with Gasteiger partial charge in [0.2, 0.25) is 0 Å². The Hall–Kier alpha value is -3.37. The first-order valence-electron chi connectivity index (χ1n) is 17.1. The van der Waals surface area contributed by atoms with Gasteiger partial charge in [0, 0.05) is 18.8 Å². The van der Waals surface area contributed by atoms with Crippen LogP contribution in [0.25, 0.3) is 10.4 Å². The Morgan fingerprint density at radius 1 is 0.863 bits per heavy atom. The van der Waals surface area contributed by atoms with Gasteiger partial charge in [-0.1, -0.05) is 86.5 Å². The maximum atomic E-state index is 12.4. The summed E-state index contributed by atoms with van der Waals surface area (Å²) in [5.41, 5.74) is 11.5. The van der Waals surface area contributed by atoms with Crippen LogP contribution in [-0.2, 0) is 60.4 Å². The number of carbonyl (C=O) groups excluding carboxylic acids is 2. The lowest BCUT2D eigenvalue weighted by atomic mass is 9.95. The summed E-state index contributed by atoms with van der Waals surface area (Å²) >= 11 is 0. The molecule has 2 heterocycles. The van der Waals surface area contributed by atoms with Crippen LogP contribution >= 0.6 is 0 Å². The summed E-state index contributed by atoms with van der Waals surface area (Å²) < 4.78 is 49.5. The maximum absolute atomic E-state index is 12.4. The van der Waals surface area contributed by atoms with E-state index in [9.17, 15) is 20.2 Å². The van der Waals surface area contributed by atoms with Crippen molar-refractivity contribution < 1.29 is 52.3 Å². The van der Waals surface area contributed by atoms with Crippen LogP contribution in [0.3, 0.4) is 0 Å². The van der Waals surface area contributed by atoms with Gasteiger partial charge in [0.15, 0.2) is 33.1 Å². The first-order valence-corrected chi connectivity index (χ1v) is 20.0. The van der Waals surface area contributed by atoms with E-state index in [4.69, 9.17) is 37.6 Å². The van der Waals surface area contributed by atoms with Gasteiger partial charge in [-0.25, -0.2) is 0 Å². The molecule has 2 aliphatic heterocycles. The van der Waals surface area contributed by atoms with Crippen molar-refractivity contribution in [2.45, 2.75) is 134 Å². The summed E-state index contributed by atoms with van der Waals surface area (Å²) in [5.74, 6) is -1.25. The molecule has 0 aromatic heterocycles. The van der Waals surface area contributed by atoms with E-state index in [-0.39, 0.29) is 24.9 Å². The highest BCUT2D eigenvalue weighted by molar-refractivity contribution is 6.74. The number of aliphatic hydroxyl groups excluding tert-OH is 1. The third kappa shape index (κ3) is 10.8. The Labute approximate surface area is 300 Å². The van der Waals surface area contributed by atoms with Gasteiger partial charge < -0.3 is 42.7 Å². The summed E-state index contributed by atoms with van der Waals surface area (Å²) in [6, 6.07) is 17.6. The summed E-state index contributed by atoms with van der Waals surface area (Å²) in [7, 11) is -2.56. The fourth-order valence-corrected chi connectivity index (χ4v) is 6.80. The minimum Gasteiger partial charge on any atom is -0.456 e. The maximum Gasteiger partial charge on any atom is 0.303 e. The molecule has 280 valence electrons. The average Bonchev–Trinajstić information content (AvgIpc) is 3.06. The number of rotatable bonds is 14. The van der Waals surface area contributed by atoms with Gasteiger partial charge in [-0.05, 0) is 41.7 Å². The topological polar surface area (TPSA) is 177 Å². The van der Waals surface area contributed by atoms with Crippen LogP contribution in [0.2, 0.25) is 18.1 Å². The van der Waals surface area contributed by atoms with Crippen LogP contribution in [0.4, 0.5) is 0 Å². The molecule has 0 aliphatic carbocycles. The Kier molecular flexibility index (Phi) is 14.2. The van der Waals surface area contributed by atoms with Crippen molar-refractivity contribution in [1.29, 1.82) is 0 Å². The van der Waals surface area contributed by atoms with Crippen LogP contribution in [-0.4, -0.2) is 93.3 Å². The van der Waals surface area contributed by atoms with Crippen LogP contribution in [0.15, 0.2) is 65.8 Å². The molecule has 0 unspecified atom stereocenters. The van der Waals surface area contributed by atoms with Crippen molar-refractivity contribution in [3.05, 3.63) is 82.2 Å². The molecule has 2 aliphatic rings. The van der Waals surface area contributed by atoms with E-state index in [1.54, 1.807) is 6.92 Å². The van der Waals surface area contributed by atoms with Crippen molar-refractivity contribution in [1.82, 2.24) is 0 Å². The van der Waals surface area contributed by atoms with Crippen molar-refractivity contribution in [3.8, 4) is 0 Å². The van der Waals surface area contributed by atoms with Gasteiger partial charge >= 0.3 is 11.9 Å². The number of nitrogens with zero attached hydrogens (tertiary/aromatic N) is 3. The molecule has 2 aromatic carbocycles. The van der Waals surface area contributed by atoms with Gasteiger partial charge in [0.05, 0.1) is 25.9 Å². The van der Waals surface area contributed by atoms with E-state index in [0.29, 0.717) is 0 Å². The number of carbonyl (C=O) groups is 2. The zero-order valence-corrected chi connectivity index (χ0v) is 31.5. The number of aliphatic hydroxyl groups is 1. The molecule has 1 N–H and O–H groups in total. The predicted molar refractivity (Wildman–Crippen MR) is 187 cm³/mol. The first-order chi connectivity index (χ1) is 24.1. The summed E-state index contributed by atoms with van der Waals surface area (Å²) in [4.78, 5) is 27.7. The lowest BCUT2D eigenvalue weighted by Crippen LogP contribution is -2.66. The Morgan fingerprint density at radius 3 is 1.98 bits per heavy atom. The third-order valence-electron chi connectivity index (χ3n) is 9.35. The number of hydrogen-bond acceptors (Lipinski definition) is 12. The van der Waals surface area contributed by atoms with Gasteiger partial charge in [0.25, 0.3) is 0 Å². The molecular weight excluding hydrogens is 678 g/mol. The molecule has 10 atom stereocenters. The average molecular weight is 730 g/mol. The van der Waals surface area contributed by atoms with E-state index < -0.39 is 81.6 Å². The van der Waals surface area contributed by atoms with Crippen LogP contribution in [0.5, 0.6) is 0 Å². The Bertz CT molecular complexity index is 1470. The van der Waals surface area contributed by atoms with E-state index in [1.165, 1.54) is 13.8 Å². The standard InChI is InChI=1S/C36H51N3O11Si/c1-22-30(46-23(2)40)32(47-24(3)41)33(44-20-26-17-13-10-14-18-26)35(45-22)49-31-28(38-39-37)34(50-51(7,8)36(4,5)6)48-27(29(31)42)21-43-19-25-15-11-9-12-16-25/h9-18,22,27-35,42H,19-21H2,1-8H3/t22-,27+,28+,29+,30+,31+,32+,33-,34+,35-/m0/s1. The Balaban J connectivity index is 1.71. The molecule has 2 fully saturated rings. The van der Waals surface area contributed by atoms with E-state index in [0.717, 1.165) is 11.1 Å². The highest BCUT2D eigenvalue weighted by atomic mass is 28.4. The number of azide groups is 1. The number of benzene rings is 2. The Morgan fingerprint density at radius 2 is 1.43 bits per heavy atom. The SMILES string of the molecule is CC(=O)O[C@H]1[C@H](OCc2ccccc2)[C@H](O[C@H]2[C@H](O)[C@@H](COCc3ccccc3)O[C@H](O[Si](C)(C)C(C)(C)C)[C@@H]2N=[N+]=[N-])O[C@@H](C)[C@H]1OC(C)=O. The fourth-order valence-electron chi connectivity index (χ4n) is 5.67. The molecule has 0 spiro atoms. The largest absolute Gasteiger partial charge is 0.456 e. The second-order valence-corrected chi connectivity index (χ2v) is 19.1. The van der Waals surface area contributed by atoms with E-state index >= 15 is 0 Å². The third-order valence-corrected chi connectivity index (χ3v) is 13.8. The normalized spacial score (nSPS) is 29.8. The molecular formula is C36H51N3O11Si. The summed E-state index contributed by atoms with van der Waals surface area (Å²) in [5, 5.41) is 15.6. The molecule has 0 saturated carbocycles. The summed E-state index contributed by atoms with van der Waals surface area (Å²) in [6.45, 7) is 14.6. The van der Waals surface area contributed by atoms with Crippen molar-refractivity contribution in [3.63, 3.8) is 0 Å². The molecule has 15 heteroatoms. The molecule has 2 aromatic rings. The quantitative estimate of drug-likeness (QED) is 0.0846. The minimum atomic E-state index is -2.56. The van der Waals surface area contributed by atoms with Crippen LogP contribution in [0.1, 0.15) is 52.7 Å². The molecule has 51 heavy (non-hydrogen) atoms. The van der Waals surface area contributed by atoms with E-state index in [1.807, 2.05) is 73.8 Å². The van der Waals surface area contributed by atoms with E-state index in [2.05, 4.69) is 30.8 Å². The highest BCUT2D eigenvalue weighted by Gasteiger charge is 2.55. The molecule has 14 nitrogen and oxygen atoms in total. The van der Waals surface area contributed by atoms with Gasteiger partial charge in [-0.2, -0.15) is 0 Å². The smallest absolute Gasteiger partial charge is 0.303 e. The zero-order valence-electron chi connectivity index (χ0n) is 30.5. The second kappa shape index (κ2) is 17.9. The second-order valence-electron chi connectivity index (χ2n) is 14.3. The molecule has 2 saturated heterocycles. The number of ether oxygens (including phenoxy) is 7. The van der Waals surface area contributed by atoms with Gasteiger partial charge in [-0.3, -0.25) is 9.59 Å². The number of esters is 2. The zero-order chi connectivity index (χ0) is 37.3. The van der Waals surface area contributed by atoms with Crippen LogP contribution in [0, 0.1) is 0 Å². The first kappa shape index (κ1) is 40.4. The van der Waals surface area contributed by atoms with Crippen molar-refractivity contribution in [2.24, 2.45) is 5.11 Å². The monoisotopic (exact) mass is 729 g/mol. The van der Waals surface area contributed by atoms with Crippen LogP contribution < -0.4 is 0 Å². The fraction of sp³-hybridized carbons (Fsp3) is 0.611. The minimum absolute atomic E-state index is 0.0449. The summed E-state index contributed by atoms with van der Waals surface area (Å²) in [6.07, 6.45) is -10.3. The van der Waals surface area contributed by atoms with Gasteiger partial charge in [0.1, 0.15) is 30.5 Å². The van der Waals surface area contributed by atoms with Gasteiger partial charge in [-0.15, -0.1) is 0 Å².